The van der Waals surface area contributed by atoms with Crippen LogP contribution in [0, 0.1) is 5.82 Å². The maximum absolute atomic E-state index is 13.0. The first-order valence-corrected chi connectivity index (χ1v) is 7.80. The molecule has 2 aromatic carbocycles. The van der Waals surface area contributed by atoms with E-state index in [0.717, 1.165) is 11.0 Å². The Morgan fingerprint density at radius 3 is 3.00 bits per heavy atom. The number of hydrogen-bond donors (Lipinski definition) is 2. The lowest BCUT2D eigenvalue weighted by Crippen LogP contribution is -2.14. The van der Waals surface area contributed by atoms with E-state index in [1.165, 1.54) is 23.9 Å². The number of hydrogen-bond acceptors (Lipinski definition) is 3. The van der Waals surface area contributed by atoms with Gasteiger partial charge in [-0.25, -0.2) is 9.37 Å². The van der Waals surface area contributed by atoms with Crippen LogP contribution in [0.5, 0.6) is 0 Å². The molecule has 0 saturated heterocycles. The number of anilines is 1. The maximum Gasteiger partial charge on any atom is 0.234 e. The number of aromatic nitrogens is 2. The molecule has 0 aliphatic carbocycles. The van der Waals surface area contributed by atoms with Crippen LogP contribution < -0.4 is 5.32 Å². The van der Waals surface area contributed by atoms with E-state index in [-0.39, 0.29) is 17.5 Å². The fourth-order valence-corrected chi connectivity index (χ4v) is 2.78. The molecule has 112 valence electrons. The highest BCUT2D eigenvalue weighted by molar-refractivity contribution is 7.99. The molecule has 3 aromatic rings. The number of imidazole rings is 1. The van der Waals surface area contributed by atoms with Crippen molar-refractivity contribution in [2.45, 2.75) is 5.16 Å². The van der Waals surface area contributed by atoms with Crippen LogP contribution in [0.25, 0.3) is 11.0 Å². The minimum Gasteiger partial charge on any atom is -0.333 e. The predicted octanol–water partition coefficient (Wildman–Crippen LogP) is 4.09. The van der Waals surface area contributed by atoms with E-state index in [0.29, 0.717) is 15.9 Å². The zero-order chi connectivity index (χ0) is 15.5. The molecular formula is C15H11ClFN3OS. The largest absolute Gasteiger partial charge is 0.333 e. The summed E-state index contributed by atoms with van der Waals surface area (Å²) in [4.78, 5) is 19.3. The number of nitrogens with one attached hydrogen (secondary N) is 2. The number of aromatic amines is 1. The van der Waals surface area contributed by atoms with Crippen molar-refractivity contribution < 1.29 is 9.18 Å². The molecule has 0 spiro atoms. The first-order chi connectivity index (χ1) is 10.6. The van der Waals surface area contributed by atoms with E-state index in [2.05, 4.69) is 15.3 Å². The SMILES string of the molecule is O=C(CSc1nc2ccc(Cl)cc2[nH]1)Nc1cccc(F)c1. The molecule has 4 nitrogen and oxygen atoms in total. The van der Waals surface area contributed by atoms with Crippen LogP contribution in [-0.2, 0) is 4.79 Å². The molecule has 0 aliphatic heterocycles. The molecule has 0 fully saturated rings. The van der Waals surface area contributed by atoms with Crippen LogP contribution in [0.15, 0.2) is 47.6 Å². The number of carbonyl (C=O) groups excluding carboxylic acids is 1. The minimum absolute atomic E-state index is 0.171. The third-order valence-corrected chi connectivity index (χ3v) is 3.98. The second-order valence-corrected chi connectivity index (χ2v) is 5.95. The van der Waals surface area contributed by atoms with E-state index >= 15 is 0 Å². The van der Waals surface area contributed by atoms with Crippen LogP contribution in [0.3, 0.4) is 0 Å². The predicted molar refractivity (Wildman–Crippen MR) is 86.9 cm³/mol. The molecule has 0 bridgehead atoms. The number of H-pyrrole nitrogens is 1. The molecule has 22 heavy (non-hydrogen) atoms. The second kappa shape index (κ2) is 6.37. The summed E-state index contributed by atoms with van der Waals surface area (Å²) in [6.07, 6.45) is 0. The van der Waals surface area contributed by atoms with Gasteiger partial charge in [0.05, 0.1) is 16.8 Å². The van der Waals surface area contributed by atoms with Gasteiger partial charge in [-0.05, 0) is 36.4 Å². The number of nitrogens with zero attached hydrogens (tertiary/aromatic N) is 1. The molecule has 7 heteroatoms. The van der Waals surface area contributed by atoms with Crippen LogP contribution in [0.2, 0.25) is 5.02 Å². The monoisotopic (exact) mass is 335 g/mol. The Kier molecular flexibility index (Phi) is 4.31. The number of halogens is 2. The zero-order valence-corrected chi connectivity index (χ0v) is 12.8. The van der Waals surface area contributed by atoms with Crippen molar-refractivity contribution in [1.29, 1.82) is 0 Å². The van der Waals surface area contributed by atoms with Crippen LogP contribution in [-0.4, -0.2) is 21.6 Å². The number of rotatable bonds is 4. The Bertz CT molecular complexity index is 837. The van der Waals surface area contributed by atoms with E-state index in [4.69, 9.17) is 11.6 Å². The first-order valence-electron chi connectivity index (χ1n) is 6.44. The molecule has 0 saturated carbocycles. The van der Waals surface area contributed by atoms with Gasteiger partial charge < -0.3 is 10.3 Å². The van der Waals surface area contributed by atoms with Gasteiger partial charge >= 0.3 is 0 Å². The zero-order valence-electron chi connectivity index (χ0n) is 11.3. The van der Waals surface area contributed by atoms with Gasteiger partial charge in [-0.15, -0.1) is 0 Å². The Morgan fingerprint density at radius 1 is 1.32 bits per heavy atom. The Morgan fingerprint density at radius 2 is 2.18 bits per heavy atom. The number of benzene rings is 2. The molecule has 0 aliphatic rings. The summed E-state index contributed by atoms with van der Waals surface area (Å²) in [6.45, 7) is 0. The normalized spacial score (nSPS) is 10.8. The van der Waals surface area contributed by atoms with Gasteiger partial charge in [-0.1, -0.05) is 29.4 Å². The fraction of sp³-hybridized carbons (Fsp3) is 0.0667. The van der Waals surface area contributed by atoms with Crippen molar-refractivity contribution in [2.24, 2.45) is 0 Å². The lowest BCUT2D eigenvalue weighted by molar-refractivity contribution is -0.113. The van der Waals surface area contributed by atoms with Crippen molar-refractivity contribution in [3.05, 3.63) is 53.3 Å². The van der Waals surface area contributed by atoms with Crippen molar-refractivity contribution in [3.8, 4) is 0 Å². The smallest absolute Gasteiger partial charge is 0.234 e. The molecule has 2 N–H and O–H groups in total. The summed E-state index contributed by atoms with van der Waals surface area (Å²) >= 11 is 7.18. The van der Waals surface area contributed by atoms with Gasteiger partial charge in [0.1, 0.15) is 5.82 Å². The first kappa shape index (κ1) is 14.9. The highest BCUT2D eigenvalue weighted by atomic mass is 35.5. The molecule has 1 amide bonds. The van der Waals surface area contributed by atoms with Crippen LogP contribution in [0.1, 0.15) is 0 Å². The van der Waals surface area contributed by atoms with E-state index in [1.54, 1.807) is 24.3 Å². The second-order valence-electron chi connectivity index (χ2n) is 4.55. The summed E-state index contributed by atoms with van der Waals surface area (Å²) in [5, 5.41) is 3.89. The Hall–Kier alpha value is -2.05. The van der Waals surface area contributed by atoms with Crippen LogP contribution >= 0.6 is 23.4 Å². The maximum atomic E-state index is 13.0. The highest BCUT2D eigenvalue weighted by Gasteiger charge is 2.08. The Balaban J connectivity index is 1.62. The van der Waals surface area contributed by atoms with Crippen molar-refractivity contribution >= 4 is 46.0 Å². The topological polar surface area (TPSA) is 57.8 Å². The van der Waals surface area contributed by atoms with Gasteiger partial charge in [-0.3, -0.25) is 4.79 Å². The number of carbonyl (C=O) groups is 1. The van der Waals surface area contributed by atoms with Crippen molar-refractivity contribution in [1.82, 2.24) is 9.97 Å². The molecule has 1 aromatic heterocycles. The number of fused-ring (bicyclic) bond motifs is 1. The van der Waals surface area contributed by atoms with Gasteiger partial charge in [0.25, 0.3) is 0 Å². The molecule has 1 heterocycles. The van der Waals surface area contributed by atoms with E-state index in [1.807, 2.05) is 6.07 Å². The summed E-state index contributed by atoms with van der Waals surface area (Å²) in [6, 6.07) is 11.1. The third kappa shape index (κ3) is 3.58. The summed E-state index contributed by atoms with van der Waals surface area (Å²) in [5.41, 5.74) is 2.04. The van der Waals surface area contributed by atoms with Crippen LogP contribution in [0.4, 0.5) is 10.1 Å². The van der Waals surface area contributed by atoms with Gasteiger partial charge in [-0.2, -0.15) is 0 Å². The van der Waals surface area contributed by atoms with E-state index < -0.39 is 0 Å². The lowest BCUT2D eigenvalue weighted by atomic mass is 10.3. The average molecular weight is 336 g/mol. The quantitative estimate of drug-likeness (QED) is 0.706. The molecule has 3 rings (SSSR count). The van der Waals surface area contributed by atoms with Gasteiger partial charge in [0, 0.05) is 10.7 Å². The molecule has 0 unspecified atom stereocenters. The number of thioether (sulfide) groups is 1. The summed E-state index contributed by atoms with van der Waals surface area (Å²) < 4.78 is 13.0. The average Bonchev–Trinajstić information content (AvgIpc) is 2.87. The molecular weight excluding hydrogens is 325 g/mol. The summed E-state index contributed by atoms with van der Waals surface area (Å²) in [5.74, 6) is -0.446. The lowest BCUT2D eigenvalue weighted by Gasteiger charge is -2.03. The Labute approximate surface area is 135 Å². The number of amides is 1. The third-order valence-electron chi connectivity index (χ3n) is 2.87. The van der Waals surface area contributed by atoms with Gasteiger partial charge in [0.2, 0.25) is 5.91 Å². The summed E-state index contributed by atoms with van der Waals surface area (Å²) in [7, 11) is 0. The van der Waals surface area contributed by atoms with Gasteiger partial charge in [0.15, 0.2) is 5.16 Å². The molecule has 0 radical (unpaired) electrons. The van der Waals surface area contributed by atoms with Crippen molar-refractivity contribution in [2.75, 3.05) is 11.1 Å². The molecule has 0 atom stereocenters. The minimum atomic E-state index is -0.389. The highest BCUT2D eigenvalue weighted by Crippen LogP contribution is 2.22. The fourth-order valence-electron chi connectivity index (χ4n) is 1.92. The van der Waals surface area contributed by atoms with Crippen molar-refractivity contribution in [3.63, 3.8) is 0 Å². The van der Waals surface area contributed by atoms with E-state index in [9.17, 15) is 9.18 Å². The standard InChI is InChI=1S/C15H11ClFN3OS/c16-9-4-5-12-13(6-9)20-15(19-12)22-8-14(21)18-11-3-1-2-10(17)7-11/h1-7H,8H2,(H,18,21)(H,19,20).